The zero-order valence-electron chi connectivity index (χ0n) is 14.5. The van der Waals surface area contributed by atoms with Gasteiger partial charge in [0.25, 0.3) is 5.60 Å². The second kappa shape index (κ2) is 6.61. The van der Waals surface area contributed by atoms with Gasteiger partial charge in [-0.3, -0.25) is 4.79 Å². The van der Waals surface area contributed by atoms with E-state index in [9.17, 15) is 9.59 Å². The summed E-state index contributed by atoms with van der Waals surface area (Å²) in [5.74, 6) is -1.92. The number of hydrogen-bond donors (Lipinski definition) is 0. The van der Waals surface area contributed by atoms with Crippen molar-refractivity contribution in [2.45, 2.75) is 71.1 Å². The van der Waals surface area contributed by atoms with Crippen LogP contribution in [0, 0.1) is 5.92 Å². The average molecular weight is 326 g/mol. The van der Waals surface area contributed by atoms with Gasteiger partial charge in [0.05, 0.1) is 12.7 Å². The predicted molar refractivity (Wildman–Crippen MR) is 82.5 cm³/mol. The van der Waals surface area contributed by atoms with Crippen molar-refractivity contribution in [3.05, 3.63) is 12.2 Å². The molecule has 2 rings (SSSR count). The molecule has 0 bridgehead atoms. The molecule has 1 heterocycles. The van der Waals surface area contributed by atoms with Crippen LogP contribution in [0.2, 0.25) is 0 Å². The smallest absolute Gasteiger partial charge is 0.357 e. The van der Waals surface area contributed by atoms with Crippen molar-refractivity contribution >= 4 is 11.9 Å². The number of carbonyl (C=O) groups is 2. The third kappa shape index (κ3) is 3.02. The van der Waals surface area contributed by atoms with Gasteiger partial charge in [0.1, 0.15) is 6.10 Å². The Bertz CT molecular complexity index is 495. The minimum Gasteiger partial charge on any atom is -0.463 e. The van der Waals surface area contributed by atoms with Crippen molar-refractivity contribution in [1.82, 2.24) is 0 Å². The summed E-state index contributed by atoms with van der Waals surface area (Å²) in [6.45, 7) is 9.09. The van der Waals surface area contributed by atoms with E-state index < -0.39 is 29.4 Å². The first-order valence-corrected chi connectivity index (χ1v) is 8.26. The summed E-state index contributed by atoms with van der Waals surface area (Å²) in [4.78, 5) is 24.2. The lowest BCUT2D eigenvalue weighted by Gasteiger charge is -2.38. The maximum Gasteiger partial charge on any atom is 0.357 e. The van der Waals surface area contributed by atoms with Crippen molar-refractivity contribution < 1.29 is 28.5 Å². The summed E-state index contributed by atoms with van der Waals surface area (Å²) >= 11 is 0. The molecular formula is C17H26O6. The van der Waals surface area contributed by atoms with Crippen LogP contribution < -0.4 is 0 Å². The Hall–Kier alpha value is -1.40. The normalized spacial score (nSPS) is 34.7. The van der Waals surface area contributed by atoms with Crippen LogP contribution in [0.3, 0.4) is 0 Å². The number of carbonyl (C=O) groups excluding carboxylic acids is 2. The highest BCUT2D eigenvalue weighted by Crippen LogP contribution is 2.46. The maximum atomic E-state index is 12.6. The van der Waals surface area contributed by atoms with Crippen LogP contribution in [0.1, 0.15) is 47.5 Å². The van der Waals surface area contributed by atoms with E-state index in [-0.39, 0.29) is 18.6 Å². The molecule has 0 aromatic rings. The highest BCUT2D eigenvalue weighted by Gasteiger charge is 2.62. The Morgan fingerprint density at radius 3 is 2.35 bits per heavy atom. The van der Waals surface area contributed by atoms with E-state index in [1.54, 1.807) is 13.0 Å². The molecule has 0 aromatic heterocycles. The van der Waals surface area contributed by atoms with E-state index in [2.05, 4.69) is 0 Å². The summed E-state index contributed by atoms with van der Waals surface area (Å²) in [6, 6.07) is 0. The quantitative estimate of drug-likeness (QED) is 0.570. The van der Waals surface area contributed by atoms with Gasteiger partial charge < -0.3 is 18.9 Å². The Morgan fingerprint density at radius 2 is 1.83 bits per heavy atom. The lowest BCUT2D eigenvalue weighted by atomic mass is 9.80. The van der Waals surface area contributed by atoms with Crippen molar-refractivity contribution in [1.29, 1.82) is 0 Å². The van der Waals surface area contributed by atoms with E-state index in [1.807, 2.05) is 26.8 Å². The van der Waals surface area contributed by atoms with Crippen LogP contribution in [0.4, 0.5) is 0 Å². The zero-order valence-corrected chi connectivity index (χ0v) is 14.5. The van der Waals surface area contributed by atoms with Crippen molar-refractivity contribution in [3.63, 3.8) is 0 Å². The largest absolute Gasteiger partial charge is 0.463 e. The molecule has 0 radical (unpaired) electrons. The molecule has 6 nitrogen and oxygen atoms in total. The molecule has 4 atom stereocenters. The van der Waals surface area contributed by atoms with Crippen molar-refractivity contribution in [2.75, 3.05) is 6.61 Å². The molecule has 0 saturated carbocycles. The molecule has 1 fully saturated rings. The number of esters is 2. The minimum absolute atomic E-state index is 0.0399. The van der Waals surface area contributed by atoms with Gasteiger partial charge in [-0.2, -0.15) is 0 Å². The van der Waals surface area contributed by atoms with Crippen LogP contribution >= 0.6 is 0 Å². The molecule has 0 amide bonds. The van der Waals surface area contributed by atoms with Crippen LogP contribution in [0.15, 0.2) is 12.2 Å². The highest BCUT2D eigenvalue weighted by molar-refractivity contribution is 5.86. The molecule has 0 aromatic carbocycles. The van der Waals surface area contributed by atoms with Gasteiger partial charge in [0.15, 0.2) is 5.79 Å². The Labute approximate surface area is 137 Å². The van der Waals surface area contributed by atoms with E-state index in [1.165, 1.54) is 6.92 Å². The van der Waals surface area contributed by atoms with E-state index in [0.717, 1.165) is 0 Å². The SMILES string of the molecule is CCOC(=O)[C@]1(OC(C)=O)C=C[C@@H](C)[C@@H]2OC(CC)(CC)O[C@@H]21. The van der Waals surface area contributed by atoms with Gasteiger partial charge in [-0.1, -0.05) is 26.8 Å². The first-order chi connectivity index (χ1) is 10.8. The van der Waals surface area contributed by atoms with E-state index >= 15 is 0 Å². The number of hydrogen-bond acceptors (Lipinski definition) is 6. The second-order valence-electron chi connectivity index (χ2n) is 6.06. The molecule has 2 aliphatic rings. The minimum atomic E-state index is -1.59. The third-order valence-electron chi connectivity index (χ3n) is 4.56. The molecule has 23 heavy (non-hydrogen) atoms. The molecule has 130 valence electrons. The van der Waals surface area contributed by atoms with Gasteiger partial charge in [0, 0.05) is 12.8 Å². The summed E-state index contributed by atoms with van der Waals surface area (Å²) in [5, 5.41) is 0. The monoisotopic (exact) mass is 326 g/mol. The predicted octanol–water partition coefficient (Wildman–Crippen LogP) is 2.36. The average Bonchev–Trinajstić information content (AvgIpc) is 2.92. The first-order valence-electron chi connectivity index (χ1n) is 8.26. The van der Waals surface area contributed by atoms with Gasteiger partial charge in [0.2, 0.25) is 0 Å². The Kier molecular flexibility index (Phi) is 5.16. The molecule has 6 heteroatoms. The maximum absolute atomic E-state index is 12.6. The summed E-state index contributed by atoms with van der Waals surface area (Å²) in [6.07, 6.45) is 3.60. The van der Waals surface area contributed by atoms with Crippen molar-refractivity contribution in [2.24, 2.45) is 5.92 Å². The fourth-order valence-corrected chi connectivity index (χ4v) is 3.23. The standard InChI is InChI=1S/C17H26O6/c1-6-16(7-2)22-13-11(4)9-10-17(14(13)23-16,21-12(5)18)15(19)20-8-3/h9-11,13-14H,6-8H2,1-5H3/t11-,13+,14+,17+/m1/s1. The number of fused-ring (bicyclic) bond motifs is 1. The number of ether oxygens (including phenoxy) is 4. The summed E-state index contributed by atoms with van der Waals surface area (Å²) in [5.41, 5.74) is -1.59. The van der Waals surface area contributed by atoms with Crippen LogP contribution in [0.5, 0.6) is 0 Å². The molecule has 1 aliphatic carbocycles. The summed E-state index contributed by atoms with van der Waals surface area (Å²) < 4.78 is 22.9. The molecule has 0 unspecified atom stereocenters. The Balaban J connectivity index is 2.46. The van der Waals surface area contributed by atoms with Gasteiger partial charge in [-0.15, -0.1) is 0 Å². The number of rotatable bonds is 5. The Morgan fingerprint density at radius 1 is 1.17 bits per heavy atom. The van der Waals surface area contributed by atoms with E-state index in [0.29, 0.717) is 12.8 Å². The van der Waals surface area contributed by atoms with Gasteiger partial charge >= 0.3 is 11.9 Å². The van der Waals surface area contributed by atoms with Crippen LogP contribution in [0.25, 0.3) is 0 Å². The lowest BCUT2D eigenvalue weighted by Crippen LogP contribution is -2.59. The van der Waals surface area contributed by atoms with Gasteiger partial charge in [-0.05, 0) is 25.8 Å². The fraction of sp³-hybridized carbons (Fsp3) is 0.765. The summed E-state index contributed by atoms with van der Waals surface area (Å²) in [7, 11) is 0. The van der Waals surface area contributed by atoms with Crippen molar-refractivity contribution in [3.8, 4) is 0 Å². The molecule has 1 saturated heterocycles. The van der Waals surface area contributed by atoms with Crippen LogP contribution in [-0.4, -0.2) is 42.1 Å². The van der Waals surface area contributed by atoms with Gasteiger partial charge in [-0.25, -0.2) is 4.79 Å². The molecule has 0 N–H and O–H groups in total. The molecular weight excluding hydrogens is 300 g/mol. The lowest BCUT2D eigenvalue weighted by molar-refractivity contribution is -0.208. The zero-order chi connectivity index (χ0) is 17.3. The van der Waals surface area contributed by atoms with Crippen LogP contribution in [-0.2, 0) is 28.5 Å². The first kappa shape index (κ1) is 17.9. The highest BCUT2D eigenvalue weighted by atomic mass is 16.8. The molecule has 1 aliphatic heterocycles. The molecule has 0 spiro atoms. The topological polar surface area (TPSA) is 71.1 Å². The second-order valence-corrected chi connectivity index (χ2v) is 6.06. The fourth-order valence-electron chi connectivity index (χ4n) is 3.23. The van der Waals surface area contributed by atoms with E-state index in [4.69, 9.17) is 18.9 Å². The third-order valence-corrected chi connectivity index (χ3v) is 4.56.